The van der Waals surface area contributed by atoms with Gasteiger partial charge in [-0.1, -0.05) is 39.3 Å². The molecule has 4 rings (SSSR count). The molecule has 120 valence electrons. The van der Waals surface area contributed by atoms with Crippen LogP contribution >= 0.6 is 15.9 Å². The number of oxazole rings is 1. The van der Waals surface area contributed by atoms with Gasteiger partial charge < -0.3 is 4.42 Å². The number of halogens is 1. The van der Waals surface area contributed by atoms with E-state index in [1.165, 1.54) is 0 Å². The van der Waals surface area contributed by atoms with Crippen LogP contribution in [0.15, 0.2) is 57.6 Å². The SMILES string of the molecule is CC(C)n1nnc2cc(-c3nc(-c4ccccc4Br)co3)ccc21. The van der Waals surface area contributed by atoms with E-state index in [0.29, 0.717) is 5.89 Å². The zero-order chi connectivity index (χ0) is 16.7. The van der Waals surface area contributed by atoms with Crippen molar-refractivity contribution in [1.82, 2.24) is 20.0 Å². The van der Waals surface area contributed by atoms with Crippen molar-refractivity contribution in [3.05, 3.63) is 53.2 Å². The number of fused-ring (bicyclic) bond motifs is 1. The Hall–Kier alpha value is -2.47. The van der Waals surface area contributed by atoms with E-state index in [9.17, 15) is 0 Å². The molecule has 0 N–H and O–H groups in total. The van der Waals surface area contributed by atoms with Crippen molar-refractivity contribution in [2.24, 2.45) is 0 Å². The highest BCUT2D eigenvalue weighted by atomic mass is 79.9. The van der Waals surface area contributed by atoms with Crippen LogP contribution in [0.25, 0.3) is 33.7 Å². The van der Waals surface area contributed by atoms with Gasteiger partial charge in [-0.3, -0.25) is 0 Å². The summed E-state index contributed by atoms with van der Waals surface area (Å²) in [5.41, 5.74) is 4.52. The molecule has 24 heavy (non-hydrogen) atoms. The summed E-state index contributed by atoms with van der Waals surface area (Å²) in [6.07, 6.45) is 1.67. The van der Waals surface area contributed by atoms with Gasteiger partial charge >= 0.3 is 0 Å². The van der Waals surface area contributed by atoms with E-state index < -0.39 is 0 Å². The molecule has 0 atom stereocenters. The lowest BCUT2D eigenvalue weighted by molar-refractivity contribution is 0.530. The Morgan fingerprint density at radius 2 is 1.96 bits per heavy atom. The largest absolute Gasteiger partial charge is 0.444 e. The van der Waals surface area contributed by atoms with E-state index in [4.69, 9.17) is 4.42 Å². The van der Waals surface area contributed by atoms with Gasteiger partial charge in [0.25, 0.3) is 0 Å². The quantitative estimate of drug-likeness (QED) is 0.494. The van der Waals surface area contributed by atoms with Crippen LogP contribution in [0.3, 0.4) is 0 Å². The fraction of sp³-hybridized carbons (Fsp3) is 0.167. The molecule has 0 radical (unpaired) electrons. The highest BCUT2D eigenvalue weighted by Crippen LogP contribution is 2.30. The molecule has 0 unspecified atom stereocenters. The molecule has 0 bridgehead atoms. The molecule has 0 spiro atoms. The minimum absolute atomic E-state index is 0.268. The lowest BCUT2D eigenvalue weighted by Gasteiger charge is -2.05. The van der Waals surface area contributed by atoms with Crippen LogP contribution in [0.2, 0.25) is 0 Å². The van der Waals surface area contributed by atoms with Crippen molar-refractivity contribution in [2.45, 2.75) is 19.9 Å². The van der Waals surface area contributed by atoms with Gasteiger partial charge in [-0.25, -0.2) is 9.67 Å². The van der Waals surface area contributed by atoms with Gasteiger partial charge in [0.2, 0.25) is 5.89 Å². The number of hydrogen-bond acceptors (Lipinski definition) is 4. The van der Waals surface area contributed by atoms with Crippen molar-refractivity contribution < 1.29 is 4.42 Å². The fourth-order valence-corrected chi connectivity index (χ4v) is 3.14. The minimum Gasteiger partial charge on any atom is -0.444 e. The maximum Gasteiger partial charge on any atom is 0.226 e. The van der Waals surface area contributed by atoms with Crippen molar-refractivity contribution in [1.29, 1.82) is 0 Å². The second-order valence-corrected chi connectivity index (χ2v) is 6.70. The Kier molecular flexibility index (Phi) is 3.69. The van der Waals surface area contributed by atoms with Crippen molar-refractivity contribution in [3.63, 3.8) is 0 Å². The monoisotopic (exact) mass is 382 g/mol. The average molecular weight is 383 g/mol. The highest BCUT2D eigenvalue weighted by Gasteiger charge is 2.13. The minimum atomic E-state index is 0.268. The normalized spacial score (nSPS) is 11.5. The Balaban J connectivity index is 1.75. The number of benzene rings is 2. The fourth-order valence-electron chi connectivity index (χ4n) is 2.66. The third-order valence-electron chi connectivity index (χ3n) is 3.86. The van der Waals surface area contributed by atoms with Gasteiger partial charge in [0, 0.05) is 21.6 Å². The molecule has 6 heteroatoms. The second-order valence-electron chi connectivity index (χ2n) is 5.85. The maximum atomic E-state index is 5.68. The molecular weight excluding hydrogens is 368 g/mol. The topological polar surface area (TPSA) is 56.7 Å². The van der Waals surface area contributed by atoms with Crippen molar-refractivity contribution in [2.75, 3.05) is 0 Å². The summed E-state index contributed by atoms with van der Waals surface area (Å²) in [6, 6.07) is 14.2. The van der Waals surface area contributed by atoms with Gasteiger partial charge in [0.15, 0.2) is 0 Å². The third-order valence-corrected chi connectivity index (χ3v) is 4.55. The summed E-state index contributed by atoms with van der Waals surface area (Å²) in [6.45, 7) is 4.17. The molecular formula is C18H15BrN4O. The summed E-state index contributed by atoms with van der Waals surface area (Å²) in [4.78, 5) is 4.61. The Morgan fingerprint density at radius 3 is 2.75 bits per heavy atom. The summed E-state index contributed by atoms with van der Waals surface area (Å²) >= 11 is 3.54. The lowest BCUT2D eigenvalue weighted by Crippen LogP contribution is -2.02. The molecule has 0 aliphatic rings. The molecule has 2 aromatic carbocycles. The van der Waals surface area contributed by atoms with Gasteiger partial charge in [-0.05, 0) is 38.1 Å². The van der Waals surface area contributed by atoms with Crippen molar-refractivity contribution >= 4 is 27.0 Å². The Morgan fingerprint density at radius 1 is 1.12 bits per heavy atom. The van der Waals surface area contributed by atoms with Crippen LogP contribution < -0.4 is 0 Å². The predicted molar refractivity (Wildman–Crippen MR) is 96.5 cm³/mol. The molecule has 0 amide bonds. The molecule has 4 aromatic rings. The van der Waals surface area contributed by atoms with Gasteiger partial charge in [0.1, 0.15) is 17.5 Å². The van der Waals surface area contributed by atoms with Crippen LogP contribution in [0, 0.1) is 0 Å². The molecule has 5 nitrogen and oxygen atoms in total. The molecule has 0 aliphatic carbocycles. The molecule has 0 saturated heterocycles. The molecule has 0 fully saturated rings. The first-order valence-corrected chi connectivity index (χ1v) is 8.48. The van der Waals surface area contributed by atoms with E-state index >= 15 is 0 Å². The first kappa shape index (κ1) is 15.1. The van der Waals surface area contributed by atoms with E-state index in [0.717, 1.165) is 32.3 Å². The van der Waals surface area contributed by atoms with E-state index in [2.05, 4.69) is 45.1 Å². The third kappa shape index (κ3) is 2.53. The predicted octanol–water partition coefficient (Wildman–Crippen LogP) is 5.10. The number of aromatic nitrogens is 4. The number of nitrogens with zero attached hydrogens (tertiary/aromatic N) is 4. The van der Waals surface area contributed by atoms with E-state index in [1.54, 1.807) is 6.26 Å². The van der Waals surface area contributed by atoms with Crippen LogP contribution in [-0.2, 0) is 0 Å². The number of hydrogen-bond donors (Lipinski definition) is 0. The Bertz CT molecular complexity index is 1020. The van der Waals surface area contributed by atoms with Crippen LogP contribution in [-0.4, -0.2) is 20.0 Å². The summed E-state index contributed by atoms with van der Waals surface area (Å²) in [7, 11) is 0. The first-order valence-electron chi connectivity index (χ1n) is 7.69. The van der Waals surface area contributed by atoms with Crippen LogP contribution in [0.4, 0.5) is 0 Å². The smallest absolute Gasteiger partial charge is 0.226 e. The standard InChI is InChI=1S/C18H15BrN4O/c1-11(2)23-17-8-7-12(9-15(17)21-22-23)18-20-16(10-24-18)13-5-3-4-6-14(13)19/h3-11H,1-2H3. The highest BCUT2D eigenvalue weighted by molar-refractivity contribution is 9.10. The van der Waals surface area contributed by atoms with E-state index in [1.807, 2.05) is 47.1 Å². The lowest BCUT2D eigenvalue weighted by atomic mass is 10.1. The van der Waals surface area contributed by atoms with Crippen molar-refractivity contribution in [3.8, 4) is 22.7 Å². The molecule has 2 aromatic heterocycles. The number of rotatable bonds is 3. The zero-order valence-electron chi connectivity index (χ0n) is 13.3. The Labute approximate surface area is 147 Å². The van der Waals surface area contributed by atoms with Gasteiger partial charge in [-0.15, -0.1) is 5.10 Å². The van der Waals surface area contributed by atoms with Gasteiger partial charge in [-0.2, -0.15) is 0 Å². The van der Waals surface area contributed by atoms with Crippen LogP contribution in [0.5, 0.6) is 0 Å². The summed E-state index contributed by atoms with van der Waals surface area (Å²) in [5, 5.41) is 8.44. The first-order chi connectivity index (χ1) is 11.6. The van der Waals surface area contributed by atoms with Crippen LogP contribution in [0.1, 0.15) is 19.9 Å². The molecule has 0 aliphatic heterocycles. The summed E-state index contributed by atoms with van der Waals surface area (Å²) < 4.78 is 8.57. The average Bonchev–Trinajstić information content (AvgIpc) is 3.21. The van der Waals surface area contributed by atoms with Gasteiger partial charge in [0.05, 0.1) is 5.52 Å². The second kappa shape index (κ2) is 5.87. The maximum absolute atomic E-state index is 5.68. The zero-order valence-corrected chi connectivity index (χ0v) is 14.9. The molecule has 2 heterocycles. The molecule has 0 saturated carbocycles. The summed E-state index contributed by atoms with van der Waals surface area (Å²) in [5.74, 6) is 0.571. The van der Waals surface area contributed by atoms with E-state index in [-0.39, 0.29) is 6.04 Å².